The molecule has 1 heterocycles. The fraction of sp³-hybridized carbons (Fsp3) is 0.682. The van der Waals surface area contributed by atoms with Crippen molar-refractivity contribution in [3.63, 3.8) is 0 Å². The Balaban J connectivity index is 1.59. The summed E-state index contributed by atoms with van der Waals surface area (Å²) in [5.74, 6) is 0.638. The predicted molar refractivity (Wildman–Crippen MR) is 114 cm³/mol. The maximum Gasteiger partial charge on any atom is 0.278 e. The van der Waals surface area contributed by atoms with Crippen LogP contribution in [0.1, 0.15) is 50.7 Å². The van der Waals surface area contributed by atoms with Gasteiger partial charge in [0.25, 0.3) is 5.91 Å². The highest BCUT2D eigenvalue weighted by Crippen LogP contribution is 2.24. The topological polar surface area (TPSA) is 70.9 Å². The third-order valence-corrected chi connectivity index (χ3v) is 8.81. The van der Waals surface area contributed by atoms with E-state index >= 15 is 0 Å². The van der Waals surface area contributed by atoms with E-state index in [1.165, 1.54) is 24.2 Å². The first-order valence-electron chi connectivity index (χ1n) is 10.9. The van der Waals surface area contributed by atoms with Crippen LogP contribution in [-0.4, -0.2) is 56.9 Å². The first-order valence-corrected chi connectivity index (χ1v) is 12.4. The van der Waals surface area contributed by atoms with Crippen LogP contribution >= 0.6 is 0 Å². The number of carbonyl (C=O) groups is 1. The van der Waals surface area contributed by atoms with Crippen LogP contribution in [0.5, 0.6) is 0 Å². The van der Waals surface area contributed by atoms with Gasteiger partial charge in [0.2, 0.25) is 10.0 Å². The molecule has 162 valence electrons. The maximum atomic E-state index is 13.1. The average molecular weight is 423 g/mol. The number of aryl methyl sites for hydroxylation is 2. The Morgan fingerprint density at radius 2 is 1.83 bits per heavy atom. The Bertz CT molecular complexity index is 832. The molecule has 1 saturated heterocycles. The fourth-order valence-electron chi connectivity index (χ4n) is 4.59. The SMILES string of the molecule is Cc1ccc(C)c(S(=O)(=O)N2CC[NH+]([C@@H](C)C(=O)N[C@H]3CCCC[C@@H]3C)CC2)c1. The zero-order valence-electron chi connectivity index (χ0n) is 18.2. The number of quaternary nitrogens is 1. The first kappa shape index (κ1) is 22.2. The van der Waals surface area contributed by atoms with E-state index in [0.29, 0.717) is 37.0 Å². The molecule has 0 spiro atoms. The lowest BCUT2D eigenvalue weighted by atomic mass is 9.86. The maximum absolute atomic E-state index is 13.1. The van der Waals surface area contributed by atoms with Gasteiger partial charge in [0, 0.05) is 6.04 Å². The molecule has 1 aromatic carbocycles. The monoisotopic (exact) mass is 422 g/mol. The minimum Gasteiger partial charge on any atom is -0.348 e. The zero-order valence-corrected chi connectivity index (χ0v) is 19.0. The number of carbonyl (C=O) groups excluding carboxylic acids is 1. The molecular weight excluding hydrogens is 386 g/mol. The summed E-state index contributed by atoms with van der Waals surface area (Å²) in [5.41, 5.74) is 1.72. The Morgan fingerprint density at radius 1 is 1.17 bits per heavy atom. The van der Waals surface area contributed by atoms with Crippen LogP contribution in [0.4, 0.5) is 0 Å². The summed E-state index contributed by atoms with van der Waals surface area (Å²) in [6, 6.07) is 5.68. The van der Waals surface area contributed by atoms with Crippen molar-refractivity contribution in [1.29, 1.82) is 0 Å². The smallest absolute Gasteiger partial charge is 0.278 e. The molecule has 0 bridgehead atoms. The van der Waals surface area contributed by atoms with Crippen molar-refractivity contribution in [2.45, 2.75) is 70.4 Å². The number of piperazine rings is 1. The van der Waals surface area contributed by atoms with E-state index in [-0.39, 0.29) is 18.0 Å². The van der Waals surface area contributed by atoms with Crippen LogP contribution in [0.2, 0.25) is 0 Å². The normalized spacial score (nSPS) is 25.5. The molecule has 0 aromatic heterocycles. The van der Waals surface area contributed by atoms with Crippen LogP contribution in [0.25, 0.3) is 0 Å². The second-order valence-corrected chi connectivity index (χ2v) is 10.8. The molecule has 2 fully saturated rings. The van der Waals surface area contributed by atoms with Crippen LogP contribution in [-0.2, 0) is 14.8 Å². The van der Waals surface area contributed by atoms with E-state index in [0.717, 1.165) is 17.5 Å². The van der Waals surface area contributed by atoms with E-state index in [1.54, 1.807) is 10.4 Å². The molecule has 1 amide bonds. The molecule has 3 rings (SSSR count). The molecule has 1 aromatic rings. The molecule has 1 aliphatic carbocycles. The van der Waals surface area contributed by atoms with Crippen molar-refractivity contribution in [1.82, 2.24) is 9.62 Å². The lowest BCUT2D eigenvalue weighted by Crippen LogP contribution is -3.19. The minimum atomic E-state index is -3.50. The number of hydrogen-bond acceptors (Lipinski definition) is 3. The van der Waals surface area contributed by atoms with Crippen LogP contribution in [0, 0.1) is 19.8 Å². The highest BCUT2D eigenvalue weighted by Gasteiger charge is 2.36. The zero-order chi connectivity index (χ0) is 21.2. The molecule has 2 N–H and O–H groups in total. The van der Waals surface area contributed by atoms with Crippen LogP contribution in [0.3, 0.4) is 0 Å². The third kappa shape index (κ3) is 5.01. The van der Waals surface area contributed by atoms with Gasteiger partial charge in [-0.05, 0) is 56.7 Å². The molecule has 1 aliphatic heterocycles. The quantitative estimate of drug-likeness (QED) is 0.751. The highest BCUT2D eigenvalue weighted by atomic mass is 32.2. The Hall–Kier alpha value is -1.44. The van der Waals surface area contributed by atoms with Crippen molar-refractivity contribution in [3.8, 4) is 0 Å². The van der Waals surface area contributed by atoms with Gasteiger partial charge in [0.05, 0.1) is 31.1 Å². The molecular formula is C22H36N3O3S+. The fourth-order valence-corrected chi connectivity index (χ4v) is 6.35. The van der Waals surface area contributed by atoms with Gasteiger partial charge < -0.3 is 10.2 Å². The van der Waals surface area contributed by atoms with Crippen molar-refractivity contribution < 1.29 is 18.1 Å². The lowest BCUT2D eigenvalue weighted by molar-refractivity contribution is -0.917. The van der Waals surface area contributed by atoms with Gasteiger partial charge in [-0.15, -0.1) is 0 Å². The van der Waals surface area contributed by atoms with Gasteiger partial charge in [-0.3, -0.25) is 4.79 Å². The second-order valence-electron chi connectivity index (χ2n) is 8.93. The standard InChI is InChI=1S/C22H35N3O3S/c1-16-9-10-18(3)21(15-16)29(27,28)25-13-11-24(12-14-25)19(4)22(26)23-20-8-6-5-7-17(20)2/h9-10,15,17,19-20H,5-8,11-14H2,1-4H3,(H,23,26)/p+1/t17-,19-,20-/m0/s1. The number of nitrogens with zero attached hydrogens (tertiary/aromatic N) is 1. The number of hydrogen-bond donors (Lipinski definition) is 2. The molecule has 7 heteroatoms. The molecule has 0 radical (unpaired) electrons. The number of amides is 1. The molecule has 3 atom stereocenters. The van der Waals surface area contributed by atoms with Crippen molar-refractivity contribution in [3.05, 3.63) is 29.3 Å². The Kier molecular flexibility index (Phi) is 7.02. The minimum absolute atomic E-state index is 0.101. The summed E-state index contributed by atoms with van der Waals surface area (Å²) < 4.78 is 27.8. The molecule has 1 saturated carbocycles. The van der Waals surface area contributed by atoms with Gasteiger partial charge >= 0.3 is 0 Å². The summed E-state index contributed by atoms with van der Waals surface area (Å²) in [6.07, 6.45) is 4.69. The van der Waals surface area contributed by atoms with E-state index in [1.807, 2.05) is 32.9 Å². The summed E-state index contributed by atoms with van der Waals surface area (Å²) in [6.45, 7) is 10.1. The predicted octanol–water partition coefficient (Wildman–Crippen LogP) is 1.28. The van der Waals surface area contributed by atoms with E-state index < -0.39 is 10.0 Å². The van der Waals surface area contributed by atoms with Crippen LogP contribution < -0.4 is 10.2 Å². The largest absolute Gasteiger partial charge is 0.348 e. The average Bonchev–Trinajstić information content (AvgIpc) is 2.71. The molecule has 0 unspecified atom stereocenters. The van der Waals surface area contributed by atoms with Gasteiger partial charge in [-0.25, -0.2) is 8.42 Å². The summed E-state index contributed by atoms with van der Waals surface area (Å²) in [5, 5.41) is 3.26. The molecule has 6 nitrogen and oxygen atoms in total. The first-order chi connectivity index (χ1) is 13.7. The van der Waals surface area contributed by atoms with Crippen molar-refractivity contribution in [2.24, 2.45) is 5.92 Å². The lowest BCUT2D eigenvalue weighted by Gasteiger charge is -2.36. The second kappa shape index (κ2) is 9.14. The van der Waals surface area contributed by atoms with E-state index in [9.17, 15) is 13.2 Å². The van der Waals surface area contributed by atoms with E-state index in [4.69, 9.17) is 0 Å². The number of benzene rings is 1. The molecule has 2 aliphatic rings. The summed E-state index contributed by atoms with van der Waals surface area (Å²) in [7, 11) is -3.50. The Labute approximate surface area is 175 Å². The third-order valence-electron chi connectivity index (χ3n) is 6.77. The number of sulfonamides is 1. The van der Waals surface area contributed by atoms with Crippen molar-refractivity contribution in [2.75, 3.05) is 26.2 Å². The number of rotatable bonds is 5. The highest BCUT2D eigenvalue weighted by molar-refractivity contribution is 7.89. The van der Waals surface area contributed by atoms with Crippen molar-refractivity contribution >= 4 is 15.9 Å². The van der Waals surface area contributed by atoms with Gasteiger partial charge in [-0.1, -0.05) is 31.9 Å². The Morgan fingerprint density at radius 3 is 2.48 bits per heavy atom. The summed E-state index contributed by atoms with van der Waals surface area (Å²) >= 11 is 0. The van der Waals surface area contributed by atoms with Gasteiger partial charge in [0.1, 0.15) is 0 Å². The molecule has 29 heavy (non-hydrogen) atoms. The summed E-state index contributed by atoms with van der Waals surface area (Å²) in [4.78, 5) is 14.3. The van der Waals surface area contributed by atoms with Gasteiger partial charge in [-0.2, -0.15) is 4.31 Å². The van der Waals surface area contributed by atoms with E-state index in [2.05, 4.69) is 12.2 Å². The number of nitrogens with one attached hydrogen (secondary N) is 2. The van der Waals surface area contributed by atoms with Gasteiger partial charge in [0.15, 0.2) is 6.04 Å². The van der Waals surface area contributed by atoms with Crippen LogP contribution in [0.15, 0.2) is 23.1 Å².